The van der Waals surface area contributed by atoms with Crippen molar-refractivity contribution in [3.63, 3.8) is 0 Å². The van der Waals surface area contributed by atoms with E-state index in [2.05, 4.69) is 23.1 Å². The largest absolute Gasteiger partial charge is 0.423 e. The Morgan fingerprint density at radius 2 is 1.83 bits per heavy atom. The third-order valence-electron chi connectivity index (χ3n) is 5.09. The fourth-order valence-electron chi connectivity index (χ4n) is 3.64. The molecule has 6 heteroatoms. The van der Waals surface area contributed by atoms with Crippen molar-refractivity contribution < 1.29 is 9.15 Å². The van der Waals surface area contributed by atoms with Gasteiger partial charge in [-0.3, -0.25) is 0 Å². The lowest BCUT2D eigenvalue weighted by atomic mass is 10.0. The quantitative estimate of drug-likeness (QED) is 0.462. The Hall–Kier alpha value is -2.96. The van der Waals surface area contributed by atoms with E-state index in [1.807, 2.05) is 37.3 Å². The van der Waals surface area contributed by atoms with Crippen molar-refractivity contribution in [1.82, 2.24) is 4.98 Å². The average Bonchev–Trinajstić information content (AvgIpc) is 3.20. The molecule has 0 bridgehead atoms. The molecule has 3 heterocycles. The maximum Gasteiger partial charge on any atom is 0.336 e. The predicted octanol–water partition coefficient (Wildman–Crippen LogP) is 4.73. The number of nitrogens with zero attached hydrogens (tertiary/aromatic N) is 2. The van der Waals surface area contributed by atoms with Gasteiger partial charge in [0.25, 0.3) is 0 Å². The molecule has 0 amide bonds. The second kappa shape index (κ2) is 7.46. The minimum Gasteiger partial charge on any atom is -0.423 e. The van der Waals surface area contributed by atoms with E-state index < -0.39 is 0 Å². The van der Waals surface area contributed by atoms with Gasteiger partial charge in [-0.15, -0.1) is 0 Å². The molecular formula is C23H20N2O3S. The van der Waals surface area contributed by atoms with Crippen molar-refractivity contribution >= 4 is 27.4 Å². The van der Waals surface area contributed by atoms with Gasteiger partial charge in [-0.05, 0) is 19.1 Å². The maximum absolute atomic E-state index is 12.3. The van der Waals surface area contributed by atoms with Gasteiger partial charge in [0.2, 0.25) is 0 Å². The second-order valence-electron chi connectivity index (χ2n) is 7.12. The van der Waals surface area contributed by atoms with Crippen molar-refractivity contribution in [1.29, 1.82) is 0 Å². The number of anilines is 1. The highest BCUT2D eigenvalue weighted by molar-refractivity contribution is 7.19. The van der Waals surface area contributed by atoms with Gasteiger partial charge in [-0.25, -0.2) is 9.78 Å². The first kappa shape index (κ1) is 18.1. The minimum absolute atomic E-state index is 0.350. The van der Waals surface area contributed by atoms with Crippen LogP contribution in [-0.4, -0.2) is 31.3 Å². The summed E-state index contributed by atoms with van der Waals surface area (Å²) in [7, 11) is 0. The fraction of sp³-hybridized carbons (Fsp3) is 0.217. The van der Waals surface area contributed by atoms with E-state index in [-0.39, 0.29) is 5.63 Å². The standard InChI is InChI=1S/C23H20N2O3S/c1-15-7-8-19-17(13-15)18(14-20(26)28-19)22-21(16-5-3-2-4-6-16)24-23(29-22)25-9-11-27-12-10-25/h2-8,13-14H,9-12H2,1H3. The van der Waals surface area contributed by atoms with Crippen LogP contribution in [0, 0.1) is 6.92 Å². The van der Waals surface area contributed by atoms with Gasteiger partial charge in [0.15, 0.2) is 5.13 Å². The van der Waals surface area contributed by atoms with Crippen molar-refractivity contribution in [2.24, 2.45) is 0 Å². The van der Waals surface area contributed by atoms with Crippen LogP contribution in [0.1, 0.15) is 5.56 Å². The summed E-state index contributed by atoms with van der Waals surface area (Å²) in [6.45, 7) is 5.08. The molecular weight excluding hydrogens is 384 g/mol. The average molecular weight is 404 g/mol. The summed E-state index contributed by atoms with van der Waals surface area (Å²) in [5, 5.41) is 1.88. The topological polar surface area (TPSA) is 55.6 Å². The number of hydrogen-bond donors (Lipinski definition) is 0. The molecule has 0 N–H and O–H groups in total. The third-order valence-corrected chi connectivity index (χ3v) is 6.24. The number of aryl methyl sites for hydroxylation is 1. The van der Waals surface area contributed by atoms with Gasteiger partial charge in [0, 0.05) is 35.7 Å². The van der Waals surface area contributed by atoms with Crippen LogP contribution in [0.25, 0.3) is 32.7 Å². The molecule has 146 valence electrons. The monoisotopic (exact) mass is 404 g/mol. The lowest BCUT2D eigenvalue weighted by Gasteiger charge is -2.26. The van der Waals surface area contributed by atoms with E-state index in [0.29, 0.717) is 18.8 Å². The van der Waals surface area contributed by atoms with Gasteiger partial charge in [-0.2, -0.15) is 0 Å². The van der Waals surface area contributed by atoms with Crippen molar-refractivity contribution in [2.45, 2.75) is 6.92 Å². The molecule has 1 fully saturated rings. The molecule has 0 radical (unpaired) electrons. The van der Waals surface area contributed by atoms with Crippen molar-refractivity contribution in [3.8, 4) is 21.7 Å². The van der Waals surface area contributed by atoms with E-state index in [1.54, 1.807) is 17.4 Å². The van der Waals surface area contributed by atoms with E-state index in [4.69, 9.17) is 14.1 Å². The lowest BCUT2D eigenvalue weighted by molar-refractivity contribution is 0.122. The van der Waals surface area contributed by atoms with Crippen molar-refractivity contribution in [3.05, 3.63) is 70.6 Å². The number of rotatable bonds is 3. The zero-order valence-electron chi connectivity index (χ0n) is 16.1. The zero-order chi connectivity index (χ0) is 19.8. The molecule has 0 spiro atoms. The van der Waals surface area contributed by atoms with E-state index in [9.17, 15) is 4.79 Å². The van der Waals surface area contributed by atoms with E-state index in [1.165, 1.54) is 0 Å². The highest BCUT2D eigenvalue weighted by Crippen LogP contribution is 2.42. The molecule has 2 aromatic carbocycles. The number of aromatic nitrogens is 1. The van der Waals surface area contributed by atoms with Gasteiger partial charge >= 0.3 is 5.63 Å². The molecule has 0 unspecified atom stereocenters. The smallest absolute Gasteiger partial charge is 0.336 e. The SMILES string of the molecule is Cc1ccc2oc(=O)cc(-c3sc(N4CCOCC4)nc3-c3ccccc3)c2c1. The van der Waals surface area contributed by atoms with Crippen LogP contribution in [0.2, 0.25) is 0 Å². The lowest BCUT2D eigenvalue weighted by Crippen LogP contribution is -2.36. The third kappa shape index (κ3) is 3.45. The first-order valence-corrected chi connectivity index (χ1v) is 10.4. The Labute approximate surface area is 172 Å². The van der Waals surface area contributed by atoms with Gasteiger partial charge in [0.05, 0.1) is 23.8 Å². The van der Waals surface area contributed by atoms with E-state index in [0.717, 1.165) is 50.9 Å². The Balaban J connectivity index is 1.76. The number of fused-ring (bicyclic) bond motifs is 1. The summed E-state index contributed by atoms with van der Waals surface area (Å²) >= 11 is 1.62. The van der Waals surface area contributed by atoms with Crippen LogP contribution in [0.3, 0.4) is 0 Å². The molecule has 29 heavy (non-hydrogen) atoms. The summed E-state index contributed by atoms with van der Waals surface area (Å²) in [6, 6.07) is 17.6. The molecule has 1 saturated heterocycles. The van der Waals surface area contributed by atoms with Crippen LogP contribution in [0.5, 0.6) is 0 Å². The van der Waals surface area contributed by atoms with Crippen LogP contribution < -0.4 is 10.5 Å². The zero-order valence-corrected chi connectivity index (χ0v) is 16.9. The second-order valence-corrected chi connectivity index (χ2v) is 8.10. The van der Waals surface area contributed by atoms with Crippen LogP contribution >= 0.6 is 11.3 Å². The molecule has 1 aliphatic rings. The molecule has 1 aliphatic heterocycles. The maximum atomic E-state index is 12.3. The Kier molecular flexibility index (Phi) is 4.66. The van der Waals surface area contributed by atoms with Gasteiger partial charge in [0.1, 0.15) is 5.58 Å². The highest BCUT2D eigenvalue weighted by Gasteiger charge is 2.22. The molecule has 0 saturated carbocycles. The summed E-state index contributed by atoms with van der Waals surface area (Å²) in [6.07, 6.45) is 0. The Morgan fingerprint density at radius 1 is 1.03 bits per heavy atom. The fourth-order valence-corrected chi connectivity index (χ4v) is 4.81. The summed E-state index contributed by atoms with van der Waals surface area (Å²) in [5.74, 6) is 0. The number of thiazole rings is 1. The number of morpholine rings is 1. The Morgan fingerprint density at radius 3 is 2.62 bits per heavy atom. The van der Waals surface area contributed by atoms with Crippen LogP contribution in [0.15, 0.2) is 63.8 Å². The molecule has 2 aromatic heterocycles. The number of hydrogen-bond acceptors (Lipinski definition) is 6. The first-order chi connectivity index (χ1) is 14.2. The summed E-state index contributed by atoms with van der Waals surface area (Å²) in [4.78, 5) is 20.5. The van der Waals surface area contributed by atoms with Gasteiger partial charge in [-0.1, -0.05) is 53.3 Å². The molecule has 0 aliphatic carbocycles. The minimum atomic E-state index is -0.350. The van der Waals surface area contributed by atoms with Crippen LogP contribution in [0.4, 0.5) is 5.13 Å². The highest BCUT2D eigenvalue weighted by atomic mass is 32.1. The Bertz CT molecular complexity index is 1220. The molecule has 4 aromatic rings. The summed E-state index contributed by atoms with van der Waals surface area (Å²) in [5.41, 5.74) is 4.16. The summed E-state index contributed by atoms with van der Waals surface area (Å²) < 4.78 is 10.9. The predicted molar refractivity (Wildman–Crippen MR) is 117 cm³/mol. The number of ether oxygens (including phenoxy) is 1. The van der Waals surface area contributed by atoms with Crippen LogP contribution in [-0.2, 0) is 4.74 Å². The number of benzene rings is 2. The normalized spacial score (nSPS) is 14.4. The molecule has 5 rings (SSSR count). The van der Waals surface area contributed by atoms with E-state index >= 15 is 0 Å². The van der Waals surface area contributed by atoms with Gasteiger partial charge < -0.3 is 14.1 Å². The first-order valence-electron chi connectivity index (χ1n) is 9.63. The van der Waals surface area contributed by atoms with Crippen molar-refractivity contribution in [2.75, 3.05) is 31.2 Å². The molecule has 0 atom stereocenters. The molecule has 5 nitrogen and oxygen atoms in total.